The second-order valence-electron chi connectivity index (χ2n) is 10.3. The highest BCUT2D eigenvalue weighted by atomic mass is 32.2. The molecule has 1 unspecified atom stereocenters. The van der Waals surface area contributed by atoms with Crippen molar-refractivity contribution in [2.75, 3.05) is 24.7 Å². The summed E-state index contributed by atoms with van der Waals surface area (Å²) in [6.45, 7) is 0. The number of furan rings is 1. The van der Waals surface area contributed by atoms with E-state index in [4.69, 9.17) is 9.40 Å². The van der Waals surface area contributed by atoms with Crippen LogP contribution in [0.3, 0.4) is 0 Å². The number of carbonyl (C=O) groups excluding carboxylic acids is 1. The van der Waals surface area contributed by atoms with Gasteiger partial charge in [0.25, 0.3) is 5.91 Å². The molecule has 0 saturated heterocycles. The Morgan fingerprint density at radius 1 is 1.12 bits per heavy atom. The van der Waals surface area contributed by atoms with Crippen molar-refractivity contribution >= 4 is 43.9 Å². The van der Waals surface area contributed by atoms with E-state index in [-0.39, 0.29) is 11.3 Å². The molecule has 1 atom stereocenters. The van der Waals surface area contributed by atoms with Crippen molar-refractivity contribution in [2.24, 2.45) is 0 Å². The number of anilines is 1. The molecule has 216 valence electrons. The van der Waals surface area contributed by atoms with Crippen LogP contribution >= 0.6 is 11.3 Å². The summed E-state index contributed by atoms with van der Waals surface area (Å²) in [6, 6.07) is 16.6. The van der Waals surface area contributed by atoms with Gasteiger partial charge in [0.1, 0.15) is 22.2 Å². The molecule has 2 aromatic heterocycles. The van der Waals surface area contributed by atoms with Gasteiger partial charge in [-0.25, -0.2) is 17.8 Å². The number of halogens is 1. The van der Waals surface area contributed by atoms with Crippen LogP contribution in [0.4, 0.5) is 10.1 Å². The van der Waals surface area contributed by atoms with E-state index in [0.717, 1.165) is 40.2 Å². The summed E-state index contributed by atoms with van der Waals surface area (Å²) in [6.07, 6.45) is 3.03. The Morgan fingerprint density at radius 2 is 1.86 bits per heavy atom. The molecule has 11 heteroatoms. The van der Waals surface area contributed by atoms with Crippen molar-refractivity contribution in [3.63, 3.8) is 0 Å². The predicted molar refractivity (Wildman–Crippen MR) is 163 cm³/mol. The SMILES string of the molecule is CNC(=O)c1c(-c2ccc(F)cc2)oc2cc(N(C)S(C)(=O)=O)c(-c3cccc(-c4nc5c(s4)C(O)CCC5)c3)cc12. The maximum Gasteiger partial charge on any atom is 0.255 e. The largest absolute Gasteiger partial charge is 0.455 e. The fourth-order valence-corrected chi connectivity index (χ4v) is 6.93. The zero-order valence-corrected chi connectivity index (χ0v) is 24.8. The van der Waals surface area contributed by atoms with E-state index in [2.05, 4.69) is 5.32 Å². The number of hydrogen-bond donors (Lipinski definition) is 2. The lowest BCUT2D eigenvalue weighted by molar-refractivity contribution is 0.0964. The first-order chi connectivity index (χ1) is 20.0. The molecule has 2 N–H and O–H groups in total. The zero-order valence-electron chi connectivity index (χ0n) is 23.1. The van der Waals surface area contributed by atoms with Crippen LogP contribution in [0.25, 0.3) is 44.0 Å². The molecule has 0 aliphatic heterocycles. The monoisotopic (exact) mass is 605 g/mol. The number of thiazole rings is 1. The number of rotatable bonds is 6. The third-order valence-corrected chi connectivity index (χ3v) is 9.99. The number of aliphatic hydroxyl groups is 1. The summed E-state index contributed by atoms with van der Waals surface area (Å²) >= 11 is 1.47. The Bertz CT molecular complexity index is 1950. The van der Waals surface area contributed by atoms with E-state index in [9.17, 15) is 22.7 Å². The molecule has 1 aliphatic rings. The summed E-state index contributed by atoms with van der Waals surface area (Å²) in [7, 11) is -0.702. The molecule has 5 aromatic rings. The first kappa shape index (κ1) is 28.1. The van der Waals surface area contributed by atoms with Crippen LogP contribution in [0.1, 0.15) is 39.9 Å². The normalized spacial score (nSPS) is 15.0. The minimum Gasteiger partial charge on any atom is -0.455 e. The van der Waals surface area contributed by atoms with E-state index >= 15 is 0 Å². The van der Waals surface area contributed by atoms with Crippen LogP contribution in [0.2, 0.25) is 0 Å². The van der Waals surface area contributed by atoms with E-state index in [1.165, 1.54) is 54.0 Å². The van der Waals surface area contributed by atoms with Crippen molar-refractivity contribution in [3.05, 3.63) is 82.6 Å². The number of aromatic nitrogens is 1. The molecule has 0 radical (unpaired) electrons. The van der Waals surface area contributed by atoms with Gasteiger partial charge in [0.15, 0.2) is 0 Å². The molecule has 0 bridgehead atoms. The lowest BCUT2D eigenvalue weighted by atomic mass is 9.97. The van der Waals surface area contributed by atoms with Gasteiger partial charge in [0, 0.05) is 42.2 Å². The van der Waals surface area contributed by atoms with Gasteiger partial charge in [-0.05, 0) is 61.2 Å². The minimum absolute atomic E-state index is 0.245. The number of nitrogens with zero attached hydrogens (tertiary/aromatic N) is 2. The van der Waals surface area contributed by atoms with Crippen LogP contribution in [0, 0.1) is 5.82 Å². The number of amides is 1. The van der Waals surface area contributed by atoms with Crippen molar-refractivity contribution in [1.29, 1.82) is 0 Å². The lowest BCUT2D eigenvalue weighted by Gasteiger charge is -2.21. The summed E-state index contributed by atoms with van der Waals surface area (Å²) in [5, 5.41) is 14.4. The quantitative estimate of drug-likeness (QED) is 0.240. The highest BCUT2D eigenvalue weighted by Gasteiger charge is 2.27. The Labute approximate surface area is 246 Å². The molecule has 1 aliphatic carbocycles. The number of aryl methyl sites for hydroxylation is 1. The van der Waals surface area contributed by atoms with E-state index < -0.39 is 27.9 Å². The lowest BCUT2D eigenvalue weighted by Crippen LogP contribution is -2.25. The fraction of sp³-hybridized carbons (Fsp3) is 0.226. The maximum absolute atomic E-state index is 13.7. The van der Waals surface area contributed by atoms with Gasteiger partial charge < -0.3 is 14.8 Å². The second-order valence-corrected chi connectivity index (χ2v) is 13.4. The molecular formula is C31H28FN3O5S2. The number of benzene rings is 3. The summed E-state index contributed by atoms with van der Waals surface area (Å²) in [4.78, 5) is 18.9. The van der Waals surface area contributed by atoms with Gasteiger partial charge in [0.2, 0.25) is 10.0 Å². The second kappa shape index (κ2) is 10.6. The highest BCUT2D eigenvalue weighted by Crippen LogP contribution is 2.43. The van der Waals surface area contributed by atoms with Crippen LogP contribution in [-0.2, 0) is 16.4 Å². The fourth-order valence-electron chi connectivity index (χ4n) is 5.30. The van der Waals surface area contributed by atoms with Crippen LogP contribution < -0.4 is 9.62 Å². The topological polar surface area (TPSA) is 113 Å². The third-order valence-electron chi connectivity index (χ3n) is 7.55. The van der Waals surface area contributed by atoms with Crippen LogP contribution in [-0.4, -0.2) is 44.8 Å². The van der Waals surface area contributed by atoms with Gasteiger partial charge in [-0.2, -0.15) is 0 Å². The van der Waals surface area contributed by atoms with E-state index in [1.54, 1.807) is 12.1 Å². The summed E-state index contributed by atoms with van der Waals surface area (Å²) in [5.74, 6) is -0.578. The predicted octanol–water partition coefficient (Wildman–Crippen LogP) is 6.15. The van der Waals surface area contributed by atoms with Crippen molar-refractivity contribution in [3.8, 4) is 33.0 Å². The van der Waals surface area contributed by atoms with Gasteiger partial charge in [-0.1, -0.05) is 18.2 Å². The molecule has 0 spiro atoms. The smallest absolute Gasteiger partial charge is 0.255 e. The average molecular weight is 606 g/mol. The molecule has 6 rings (SSSR count). The Kier molecular flexibility index (Phi) is 7.12. The zero-order chi connectivity index (χ0) is 29.8. The first-order valence-electron chi connectivity index (χ1n) is 13.4. The third kappa shape index (κ3) is 4.97. The Hall–Kier alpha value is -4.06. The number of aliphatic hydroxyl groups excluding tert-OH is 1. The van der Waals surface area contributed by atoms with Crippen LogP contribution in [0.5, 0.6) is 0 Å². The molecule has 0 saturated carbocycles. The average Bonchev–Trinajstić information content (AvgIpc) is 3.58. The van der Waals surface area contributed by atoms with Gasteiger partial charge in [0.05, 0.1) is 34.2 Å². The standard InChI is InChI=1S/C31H28FN3O5S2/c1-33-30(37)27-22-15-21(18-6-4-7-19(14-18)31-34-23-8-5-9-25(36)29(23)41-31)24(35(2)42(3,38)39)16-26(22)40-28(27)17-10-12-20(32)13-11-17/h4,6-7,10-16,25,36H,5,8-9H2,1-3H3,(H,33,37). The van der Waals surface area contributed by atoms with E-state index in [1.807, 2.05) is 24.3 Å². The molecule has 8 nitrogen and oxygen atoms in total. The van der Waals surface area contributed by atoms with Gasteiger partial charge >= 0.3 is 0 Å². The number of carbonyl (C=O) groups is 1. The molecule has 1 amide bonds. The number of nitrogens with one attached hydrogen (secondary N) is 1. The molecular weight excluding hydrogens is 577 g/mol. The van der Waals surface area contributed by atoms with Gasteiger partial charge in [-0.3, -0.25) is 9.10 Å². The summed E-state index contributed by atoms with van der Waals surface area (Å²) in [5.41, 5.74) is 4.45. The minimum atomic E-state index is -3.67. The van der Waals surface area contributed by atoms with Crippen molar-refractivity contribution in [2.45, 2.75) is 25.4 Å². The maximum atomic E-state index is 13.7. The van der Waals surface area contributed by atoms with Crippen molar-refractivity contribution < 1.29 is 27.1 Å². The molecule has 2 heterocycles. The van der Waals surface area contributed by atoms with Gasteiger partial charge in [-0.15, -0.1) is 11.3 Å². The van der Waals surface area contributed by atoms with Crippen molar-refractivity contribution in [1.82, 2.24) is 10.3 Å². The molecule has 0 fully saturated rings. The number of fused-ring (bicyclic) bond motifs is 2. The highest BCUT2D eigenvalue weighted by molar-refractivity contribution is 7.92. The Morgan fingerprint density at radius 3 is 2.55 bits per heavy atom. The number of hydrogen-bond acceptors (Lipinski definition) is 7. The first-order valence-corrected chi connectivity index (χ1v) is 16.0. The molecule has 42 heavy (non-hydrogen) atoms. The van der Waals surface area contributed by atoms with E-state index in [0.29, 0.717) is 39.8 Å². The Balaban J connectivity index is 1.58. The number of sulfonamides is 1. The summed E-state index contributed by atoms with van der Waals surface area (Å²) < 4.78 is 46.5. The molecule has 3 aromatic carbocycles. The van der Waals surface area contributed by atoms with Crippen LogP contribution in [0.15, 0.2) is 65.1 Å².